The lowest BCUT2D eigenvalue weighted by atomic mass is 9.76. The van der Waals surface area contributed by atoms with E-state index in [4.69, 9.17) is 0 Å². The average molecular weight is 167 g/mol. The highest BCUT2D eigenvalue weighted by molar-refractivity contribution is 4.84. The van der Waals surface area contributed by atoms with Crippen LogP contribution in [0.3, 0.4) is 0 Å². The molecule has 1 heteroatoms. The van der Waals surface area contributed by atoms with Gasteiger partial charge in [-0.15, -0.1) is 0 Å². The van der Waals surface area contributed by atoms with E-state index in [9.17, 15) is 0 Å². The Labute approximate surface area is 76.5 Å². The Morgan fingerprint density at radius 2 is 2.08 bits per heavy atom. The summed E-state index contributed by atoms with van der Waals surface area (Å²) >= 11 is 0. The van der Waals surface area contributed by atoms with Crippen LogP contribution in [0.1, 0.15) is 33.6 Å². The fraction of sp³-hybridized carbons (Fsp3) is 0.818. The van der Waals surface area contributed by atoms with Gasteiger partial charge in [-0.1, -0.05) is 27.4 Å². The normalized spacial score (nSPS) is 25.6. The SMILES string of the molecule is C=CN1CCCC(C(C)(C)C)C1. The molecule has 0 bridgehead atoms. The van der Waals surface area contributed by atoms with Crippen molar-refractivity contribution in [2.75, 3.05) is 13.1 Å². The second kappa shape index (κ2) is 3.51. The highest BCUT2D eigenvalue weighted by Crippen LogP contribution is 2.32. The minimum absolute atomic E-state index is 0.460. The second-order valence-electron chi connectivity index (χ2n) is 4.88. The minimum atomic E-state index is 0.460. The molecule has 0 aromatic heterocycles. The number of likely N-dealkylation sites (tertiary alicyclic amines) is 1. The molecule has 1 fully saturated rings. The molecule has 0 saturated carbocycles. The first-order valence-corrected chi connectivity index (χ1v) is 4.90. The third kappa shape index (κ3) is 2.26. The van der Waals surface area contributed by atoms with Gasteiger partial charge in [-0.05, 0) is 30.4 Å². The van der Waals surface area contributed by atoms with Crippen LogP contribution in [0, 0.1) is 11.3 Å². The Hall–Kier alpha value is -0.460. The van der Waals surface area contributed by atoms with Crippen LogP contribution in [0.25, 0.3) is 0 Å². The molecule has 0 aromatic rings. The maximum Gasteiger partial charge on any atom is 0.0205 e. The summed E-state index contributed by atoms with van der Waals surface area (Å²) in [6, 6.07) is 0. The number of nitrogens with zero attached hydrogens (tertiary/aromatic N) is 1. The molecule has 1 rings (SSSR count). The van der Waals surface area contributed by atoms with Gasteiger partial charge in [-0.3, -0.25) is 0 Å². The lowest BCUT2D eigenvalue weighted by Gasteiger charge is -2.39. The summed E-state index contributed by atoms with van der Waals surface area (Å²) in [5.41, 5.74) is 0.460. The van der Waals surface area contributed by atoms with Gasteiger partial charge in [0.25, 0.3) is 0 Å². The van der Waals surface area contributed by atoms with Crippen molar-refractivity contribution in [2.45, 2.75) is 33.6 Å². The Morgan fingerprint density at radius 1 is 1.42 bits per heavy atom. The summed E-state index contributed by atoms with van der Waals surface area (Å²) in [5.74, 6) is 0.837. The van der Waals surface area contributed by atoms with Crippen LogP contribution in [0.5, 0.6) is 0 Å². The van der Waals surface area contributed by atoms with Gasteiger partial charge in [0, 0.05) is 13.1 Å². The summed E-state index contributed by atoms with van der Waals surface area (Å²) in [7, 11) is 0. The minimum Gasteiger partial charge on any atom is -0.378 e. The number of piperidine rings is 1. The van der Waals surface area contributed by atoms with E-state index >= 15 is 0 Å². The van der Waals surface area contributed by atoms with Crippen molar-refractivity contribution in [3.63, 3.8) is 0 Å². The molecule has 0 N–H and O–H groups in total. The van der Waals surface area contributed by atoms with Crippen LogP contribution in [0.15, 0.2) is 12.8 Å². The zero-order chi connectivity index (χ0) is 9.19. The molecular weight excluding hydrogens is 146 g/mol. The Kier molecular flexibility index (Phi) is 2.81. The van der Waals surface area contributed by atoms with Gasteiger partial charge in [0.15, 0.2) is 0 Å². The molecule has 1 heterocycles. The third-order valence-corrected chi connectivity index (χ3v) is 2.94. The van der Waals surface area contributed by atoms with Crippen molar-refractivity contribution < 1.29 is 0 Å². The van der Waals surface area contributed by atoms with Crippen LogP contribution in [-0.4, -0.2) is 18.0 Å². The van der Waals surface area contributed by atoms with Crippen LogP contribution >= 0.6 is 0 Å². The van der Waals surface area contributed by atoms with E-state index in [1.54, 1.807) is 0 Å². The zero-order valence-corrected chi connectivity index (χ0v) is 8.64. The predicted octanol–water partition coefficient (Wildman–Crippen LogP) is 2.89. The smallest absolute Gasteiger partial charge is 0.0205 e. The predicted molar refractivity (Wildman–Crippen MR) is 53.9 cm³/mol. The monoisotopic (exact) mass is 167 g/mol. The van der Waals surface area contributed by atoms with Crippen molar-refractivity contribution in [1.29, 1.82) is 0 Å². The van der Waals surface area contributed by atoms with Crippen molar-refractivity contribution in [2.24, 2.45) is 11.3 Å². The van der Waals surface area contributed by atoms with Gasteiger partial charge < -0.3 is 4.90 Å². The van der Waals surface area contributed by atoms with Gasteiger partial charge >= 0.3 is 0 Å². The summed E-state index contributed by atoms with van der Waals surface area (Å²) in [4.78, 5) is 2.35. The molecule has 70 valence electrons. The summed E-state index contributed by atoms with van der Waals surface area (Å²) in [5, 5.41) is 0. The van der Waals surface area contributed by atoms with Gasteiger partial charge in [0.2, 0.25) is 0 Å². The van der Waals surface area contributed by atoms with E-state index in [1.165, 1.54) is 25.9 Å². The fourth-order valence-electron chi connectivity index (χ4n) is 1.88. The molecule has 1 nitrogen and oxygen atoms in total. The summed E-state index contributed by atoms with van der Waals surface area (Å²) in [6.45, 7) is 13.2. The summed E-state index contributed by atoms with van der Waals surface area (Å²) in [6.07, 6.45) is 4.69. The lowest BCUT2D eigenvalue weighted by Crippen LogP contribution is -2.37. The molecule has 0 radical (unpaired) electrons. The van der Waals surface area contributed by atoms with Gasteiger partial charge in [-0.2, -0.15) is 0 Å². The number of hydrogen-bond acceptors (Lipinski definition) is 1. The lowest BCUT2D eigenvalue weighted by molar-refractivity contribution is 0.130. The van der Waals surface area contributed by atoms with E-state index < -0.39 is 0 Å². The largest absolute Gasteiger partial charge is 0.378 e. The Bertz CT molecular complexity index is 155. The third-order valence-electron chi connectivity index (χ3n) is 2.94. The Balaban J connectivity index is 2.51. The van der Waals surface area contributed by atoms with E-state index in [2.05, 4.69) is 32.3 Å². The summed E-state index contributed by atoms with van der Waals surface area (Å²) < 4.78 is 0. The van der Waals surface area contributed by atoms with Crippen LogP contribution in [-0.2, 0) is 0 Å². The van der Waals surface area contributed by atoms with E-state index in [-0.39, 0.29) is 0 Å². The molecule has 1 atom stereocenters. The topological polar surface area (TPSA) is 3.24 Å². The first-order valence-electron chi connectivity index (χ1n) is 4.90. The molecule has 0 aliphatic carbocycles. The highest BCUT2D eigenvalue weighted by atomic mass is 15.1. The van der Waals surface area contributed by atoms with Crippen LogP contribution in [0.4, 0.5) is 0 Å². The van der Waals surface area contributed by atoms with Crippen molar-refractivity contribution >= 4 is 0 Å². The molecule has 1 aliphatic rings. The highest BCUT2D eigenvalue weighted by Gasteiger charge is 2.28. The van der Waals surface area contributed by atoms with Crippen LogP contribution in [0.2, 0.25) is 0 Å². The molecule has 12 heavy (non-hydrogen) atoms. The van der Waals surface area contributed by atoms with Gasteiger partial charge in [0.1, 0.15) is 0 Å². The maximum absolute atomic E-state index is 3.83. The molecular formula is C11H21N. The van der Waals surface area contributed by atoms with Crippen molar-refractivity contribution in [1.82, 2.24) is 4.90 Å². The van der Waals surface area contributed by atoms with E-state index in [0.29, 0.717) is 5.41 Å². The molecule has 1 unspecified atom stereocenters. The number of hydrogen-bond donors (Lipinski definition) is 0. The van der Waals surface area contributed by atoms with E-state index in [0.717, 1.165) is 5.92 Å². The molecule has 1 saturated heterocycles. The fourth-order valence-corrected chi connectivity index (χ4v) is 1.88. The van der Waals surface area contributed by atoms with E-state index in [1.807, 2.05) is 6.20 Å². The standard InChI is InChI=1S/C11H21N/c1-5-12-8-6-7-10(9-12)11(2,3)4/h5,10H,1,6-9H2,2-4H3. The first kappa shape index (κ1) is 9.63. The van der Waals surface area contributed by atoms with Crippen molar-refractivity contribution in [3.05, 3.63) is 12.8 Å². The van der Waals surface area contributed by atoms with Crippen LogP contribution < -0.4 is 0 Å². The van der Waals surface area contributed by atoms with Gasteiger partial charge in [0.05, 0.1) is 0 Å². The van der Waals surface area contributed by atoms with Gasteiger partial charge in [-0.25, -0.2) is 0 Å². The molecule has 0 aromatic carbocycles. The quantitative estimate of drug-likeness (QED) is 0.580. The Morgan fingerprint density at radius 3 is 2.58 bits per heavy atom. The molecule has 1 aliphatic heterocycles. The molecule has 0 amide bonds. The molecule has 0 spiro atoms. The zero-order valence-electron chi connectivity index (χ0n) is 8.64. The number of rotatable bonds is 1. The average Bonchev–Trinajstić information content (AvgIpc) is 2.03. The second-order valence-corrected chi connectivity index (χ2v) is 4.88. The maximum atomic E-state index is 3.83. The first-order chi connectivity index (χ1) is 5.54. The van der Waals surface area contributed by atoms with Crippen molar-refractivity contribution in [3.8, 4) is 0 Å².